The molecule has 3 rings (SSSR count). The molecule has 2 N–H and O–H groups in total. The molecule has 1 unspecified atom stereocenters. The van der Waals surface area contributed by atoms with Crippen molar-refractivity contribution in [3.63, 3.8) is 0 Å². The van der Waals surface area contributed by atoms with Crippen LogP contribution in [0.25, 0.3) is 11.4 Å². The molecule has 7 heteroatoms. The van der Waals surface area contributed by atoms with Gasteiger partial charge in [0.05, 0.1) is 10.5 Å². The van der Waals surface area contributed by atoms with E-state index in [1.54, 1.807) is 12.1 Å². The van der Waals surface area contributed by atoms with Gasteiger partial charge in [0, 0.05) is 17.7 Å². The quantitative estimate of drug-likeness (QED) is 0.676. The number of nitro groups is 1. The van der Waals surface area contributed by atoms with Crippen LogP contribution in [0.2, 0.25) is 0 Å². The molecule has 1 aromatic heterocycles. The molecule has 1 aliphatic rings. The number of nitro benzene ring substituents is 1. The summed E-state index contributed by atoms with van der Waals surface area (Å²) < 4.78 is 5.23. The second-order valence-corrected chi connectivity index (χ2v) is 5.29. The van der Waals surface area contributed by atoms with Crippen molar-refractivity contribution >= 4 is 5.69 Å². The van der Waals surface area contributed by atoms with Gasteiger partial charge in [-0.15, -0.1) is 0 Å². The van der Waals surface area contributed by atoms with Crippen molar-refractivity contribution in [3.05, 3.63) is 40.3 Å². The zero-order valence-corrected chi connectivity index (χ0v) is 10.9. The molecule has 1 heterocycles. The van der Waals surface area contributed by atoms with Gasteiger partial charge in [-0.2, -0.15) is 4.98 Å². The van der Waals surface area contributed by atoms with Crippen LogP contribution in [0.4, 0.5) is 5.69 Å². The van der Waals surface area contributed by atoms with Crippen molar-refractivity contribution in [2.75, 3.05) is 0 Å². The molecule has 1 aliphatic carbocycles. The minimum atomic E-state index is -0.633. The molecule has 0 saturated heterocycles. The molecule has 1 aromatic carbocycles. The minimum absolute atomic E-state index is 0.00782. The lowest BCUT2D eigenvalue weighted by Crippen LogP contribution is -2.35. The molecule has 0 radical (unpaired) electrons. The van der Waals surface area contributed by atoms with E-state index in [1.165, 1.54) is 12.1 Å². The lowest BCUT2D eigenvalue weighted by molar-refractivity contribution is -0.384. The van der Waals surface area contributed by atoms with E-state index in [4.69, 9.17) is 10.3 Å². The molecule has 1 fully saturated rings. The van der Waals surface area contributed by atoms with E-state index in [2.05, 4.69) is 10.1 Å². The monoisotopic (exact) mass is 274 g/mol. The average Bonchev–Trinajstić information content (AvgIpc) is 3.17. The lowest BCUT2D eigenvalue weighted by Gasteiger charge is -2.18. The Kier molecular flexibility index (Phi) is 2.79. The zero-order valence-electron chi connectivity index (χ0n) is 10.9. The van der Waals surface area contributed by atoms with E-state index in [9.17, 15) is 10.1 Å². The van der Waals surface area contributed by atoms with Crippen LogP contribution >= 0.6 is 0 Å². The van der Waals surface area contributed by atoms with Crippen LogP contribution in [0.5, 0.6) is 0 Å². The maximum absolute atomic E-state index is 10.8. The first-order valence-corrected chi connectivity index (χ1v) is 6.36. The Labute approximate surface area is 114 Å². The van der Waals surface area contributed by atoms with E-state index < -0.39 is 10.5 Å². The third kappa shape index (κ3) is 2.16. The fraction of sp³-hybridized carbons (Fsp3) is 0.385. The second kappa shape index (κ2) is 4.38. The number of benzene rings is 1. The first-order valence-electron chi connectivity index (χ1n) is 6.36. The molecular formula is C13H14N4O3. The fourth-order valence-corrected chi connectivity index (χ4v) is 2.18. The van der Waals surface area contributed by atoms with E-state index >= 15 is 0 Å². The van der Waals surface area contributed by atoms with E-state index in [1.807, 2.05) is 6.92 Å². The molecule has 1 saturated carbocycles. The third-order valence-corrected chi connectivity index (χ3v) is 3.63. The smallest absolute Gasteiger partial charge is 0.270 e. The number of aromatic nitrogens is 2. The maximum atomic E-state index is 10.8. The Morgan fingerprint density at radius 3 is 2.90 bits per heavy atom. The third-order valence-electron chi connectivity index (χ3n) is 3.63. The molecule has 104 valence electrons. The predicted octanol–water partition coefficient (Wildman–Crippen LogP) is 2.23. The van der Waals surface area contributed by atoms with Crippen LogP contribution < -0.4 is 5.73 Å². The molecular weight excluding hydrogens is 260 g/mol. The number of hydrogen-bond acceptors (Lipinski definition) is 6. The molecule has 0 bridgehead atoms. The number of nitrogens with two attached hydrogens (primary N) is 1. The highest BCUT2D eigenvalue weighted by Gasteiger charge is 2.43. The Balaban J connectivity index is 1.94. The fourth-order valence-electron chi connectivity index (χ4n) is 2.18. The highest BCUT2D eigenvalue weighted by Crippen LogP contribution is 2.43. The Morgan fingerprint density at radius 2 is 2.25 bits per heavy atom. The second-order valence-electron chi connectivity index (χ2n) is 5.29. The van der Waals surface area contributed by atoms with Gasteiger partial charge in [0.2, 0.25) is 11.7 Å². The highest BCUT2D eigenvalue weighted by atomic mass is 16.6. The molecule has 7 nitrogen and oxygen atoms in total. The summed E-state index contributed by atoms with van der Waals surface area (Å²) in [5, 5.41) is 14.6. The van der Waals surface area contributed by atoms with Gasteiger partial charge in [0.25, 0.3) is 5.69 Å². The summed E-state index contributed by atoms with van der Waals surface area (Å²) in [7, 11) is 0. The van der Waals surface area contributed by atoms with Crippen molar-refractivity contribution in [2.45, 2.75) is 25.3 Å². The van der Waals surface area contributed by atoms with E-state index in [0.29, 0.717) is 23.2 Å². The lowest BCUT2D eigenvalue weighted by atomic mass is 9.97. The summed E-state index contributed by atoms with van der Waals surface area (Å²) in [6, 6.07) is 6.13. The Morgan fingerprint density at radius 1 is 1.50 bits per heavy atom. The predicted molar refractivity (Wildman–Crippen MR) is 70.7 cm³/mol. The van der Waals surface area contributed by atoms with Gasteiger partial charge in [0.1, 0.15) is 0 Å². The van der Waals surface area contributed by atoms with Gasteiger partial charge in [-0.3, -0.25) is 10.1 Å². The van der Waals surface area contributed by atoms with Crippen LogP contribution in [0.3, 0.4) is 0 Å². The van der Waals surface area contributed by atoms with Crippen LogP contribution in [0, 0.1) is 16.0 Å². The largest absolute Gasteiger partial charge is 0.337 e. The standard InChI is InChI=1S/C13H14N4O3/c1-13(14,9-5-6-9)12-15-11(16-20-12)8-3-2-4-10(7-8)17(18)19/h2-4,7,9H,5-6,14H2,1H3. The number of hydrogen-bond donors (Lipinski definition) is 1. The minimum Gasteiger partial charge on any atom is -0.337 e. The Hall–Kier alpha value is -2.28. The van der Waals surface area contributed by atoms with Crippen molar-refractivity contribution < 1.29 is 9.45 Å². The van der Waals surface area contributed by atoms with Crippen LogP contribution in [-0.4, -0.2) is 15.1 Å². The summed E-state index contributed by atoms with van der Waals surface area (Å²) in [4.78, 5) is 14.6. The van der Waals surface area contributed by atoms with Gasteiger partial charge >= 0.3 is 0 Å². The highest BCUT2D eigenvalue weighted by molar-refractivity contribution is 5.58. The summed E-state index contributed by atoms with van der Waals surface area (Å²) in [6.45, 7) is 1.87. The van der Waals surface area contributed by atoms with Crippen LogP contribution in [0.15, 0.2) is 28.8 Å². The molecule has 0 spiro atoms. The molecule has 20 heavy (non-hydrogen) atoms. The normalized spacial score (nSPS) is 17.7. The number of rotatable bonds is 4. The SMILES string of the molecule is CC(N)(c1nc(-c2cccc([N+](=O)[O-])c2)no1)C1CC1. The summed E-state index contributed by atoms with van der Waals surface area (Å²) in [5.41, 5.74) is 6.11. The molecule has 0 aliphatic heterocycles. The van der Waals surface area contributed by atoms with Gasteiger partial charge in [-0.05, 0) is 25.7 Å². The van der Waals surface area contributed by atoms with Crippen LogP contribution in [-0.2, 0) is 5.54 Å². The molecule has 1 atom stereocenters. The molecule has 2 aromatic rings. The first kappa shape index (κ1) is 12.7. The van der Waals surface area contributed by atoms with Crippen molar-refractivity contribution in [1.29, 1.82) is 0 Å². The van der Waals surface area contributed by atoms with Gasteiger partial charge in [0.15, 0.2) is 0 Å². The van der Waals surface area contributed by atoms with Crippen molar-refractivity contribution in [2.24, 2.45) is 11.7 Å². The van der Waals surface area contributed by atoms with E-state index in [0.717, 1.165) is 12.8 Å². The summed E-state index contributed by atoms with van der Waals surface area (Å²) >= 11 is 0. The summed E-state index contributed by atoms with van der Waals surface area (Å²) in [5.74, 6) is 1.06. The van der Waals surface area contributed by atoms with Gasteiger partial charge in [-0.25, -0.2) is 0 Å². The van der Waals surface area contributed by atoms with Crippen molar-refractivity contribution in [1.82, 2.24) is 10.1 Å². The van der Waals surface area contributed by atoms with Gasteiger partial charge in [-0.1, -0.05) is 17.3 Å². The van der Waals surface area contributed by atoms with Crippen LogP contribution in [0.1, 0.15) is 25.7 Å². The maximum Gasteiger partial charge on any atom is 0.270 e. The van der Waals surface area contributed by atoms with Crippen molar-refractivity contribution in [3.8, 4) is 11.4 Å². The van der Waals surface area contributed by atoms with E-state index in [-0.39, 0.29) is 5.69 Å². The average molecular weight is 274 g/mol. The summed E-state index contributed by atoms with van der Waals surface area (Å²) in [6.07, 6.45) is 2.11. The number of non-ortho nitro benzene ring substituents is 1. The number of nitrogens with zero attached hydrogens (tertiary/aromatic N) is 3. The molecule has 0 amide bonds. The first-order chi connectivity index (χ1) is 9.48. The topological polar surface area (TPSA) is 108 Å². The van der Waals surface area contributed by atoms with Gasteiger partial charge < -0.3 is 10.3 Å². The Bertz CT molecular complexity index is 661. The zero-order chi connectivity index (χ0) is 14.3.